The van der Waals surface area contributed by atoms with Crippen LogP contribution < -0.4 is 14.8 Å². The van der Waals surface area contributed by atoms with Crippen LogP contribution in [-0.2, 0) is 13.6 Å². The summed E-state index contributed by atoms with van der Waals surface area (Å²) in [6.07, 6.45) is 2.05. The smallest absolute Gasteiger partial charge is 0.161 e. The Bertz CT molecular complexity index is 563. The number of nitrogens with one attached hydrogen (secondary N) is 1. The summed E-state index contributed by atoms with van der Waals surface area (Å²) in [5.41, 5.74) is 2.44. The first-order valence-electron chi connectivity index (χ1n) is 6.71. The van der Waals surface area contributed by atoms with Gasteiger partial charge in [0.1, 0.15) is 0 Å². The lowest BCUT2D eigenvalue weighted by molar-refractivity contribution is 0.354. The Morgan fingerprint density at radius 3 is 2.50 bits per heavy atom. The minimum absolute atomic E-state index is 0.240. The second kappa shape index (κ2) is 6.48. The van der Waals surface area contributed by atoms with Gasteiger partial charge in [-0.15, -0.1) is 0 Å². The van der Waals surface area contributed by atoms with Crippen LogP contribution in [0.15, 0.2) is 36.5 Å². The van der Waals surface area contributed by atoms with Gasteiger partial charge in [-0.1, -0.05) is 6.07 Å². The molecule has 1 aromatic heterocycles. The molecule has 0 radical (unpaired) electrons. The van der Waals surface area contributed by atoms with Crippen LogP contribution in [0, 0.1) is 0 Å². The number of rotatable bonds is 6. The van der Waals surface area contributed by atoms with Gasteiger partial charge >= 0.3 is 0 Å². The highest BCUT2D eigenvalue weighted by molar-refractivity contribution is 5.43. The zero-order valence-electron chi connectivity index (χ0n) is 12.5. The van der Waals surface area contributed by atoms with E-state index in [9.17, 15) is 0 Å². The summed E-state index contributed by atoms with van der Waals surface area (Å²) in [5.74, 6) is 1.52. The van der Waals surface area contributed by atoms with Crippen molar-refractivity contribution in [3.8, 4) is 11.5 Å². The number of hydrogen-bond donors (Lipinski definition) is 1. The highest BCUT2D eigenvalue weighted by atomic mass is 16.5. The molecule has 0 amide bonds. The summed E-state index contributed by atoms with van der Waals surface area (Å²) in [5, 5.41) is 3.51. The van der Waals surface area contributed by atoms with Crippen LogP contribution in [0.3, 0.4) is 0 Å². The maximum Gasteiger partial charge on any atom is 0.161 e. The monoisotopic (exact) mass is 274 g/mol. The Labute approximate surface area is 120 Å². The van der Waals surface area contributed by atoms with Gasteiger partial charge in [0.2, 0.25) is 0 Å². The summed E-state index contributed by atoms with van der Waals surface area (Å²) in [6.45, 7) is 2.98. The van der Waals surface area contributed by atoms with Crippen molar-refractivity contribution in [2.45, 2.75) is 19.5 Å². The maximum absolute atomic E-state index is 5.34. The Morgan fingerprint density at radius 1 is 1.15 bits per heavy atom. The van der Waals surface area contributed by atoms with E-state index in [2.05, 4.69) is 48.3 Å². The van der Waals surface area contributed by atoms with Crippen LogP contribution in [0.5, 0.6) is 11.5 Å². The average molecular weight is 274 g/mol. The van der Waals surface area contributed by atoms with Crippen molar-refractivity contribution in [3.05, 3.63) is 47.8 Å². The SMILES string of the molecule is COc1ccc(C(C)NCc2cccn2C)cc1OC. The summed E-state index contributed by atoms with van der Waals surface area (Å²) >= 11 is 0. The van der Waals surface area contributed by atoms with Crippen molar-refractivity contribution >= 4 is 0 Å². The van der Waals surface area contributed by atoms with Gasteiger partial charge in [-0.2, -0.15) is 0 Å². The van der Waals surface area contributed by atoms with Crippen molar-refractivity contribution in [1.29, 1.82) is 0 Å². The molecule has 0 fully saturated rings. The lowest BCUT2D eigenvalue weighted by Gasteiger charge is -2.17. The first kappa shape index (κ1) is 14.5. The Morgan fingerprint density at radius 2 is 1.90 bits per heavy atom. The molecule has 0 aliphatic heterocycles. The van der Waals surface area contributed by atoms with Gasteiger partial charge in [-0.3, -0.25) is 0 Å². The number of aryl methyl sites for hydroxylation is 1. The molecule has 0 bridgehead atoms. The van der Waals surface area contributed by atoms with E-state index >= 15 is 0 Å². The van der Waals surface area contributed by atoms with E-state index < -0.39 is 0 Å². The predicted octanol–water partition coefficient (Wildman–Crippen LogP) is 2.89. The van der Waals surface area contributed by atoms with Gasteiger partial charge in [0.25, 0.3) is 0 Å². The standard InChI is InChI=1S/C16H22N2O2/c1-12(17-11-14-6-5-9-18(14)2)13-7-8-15(19-3)16(10-13)20-4/h5-10,12,17H,11H2,1-4H3. The molecule has 0 saturated heterocycles. The number of nitrogens with zero attached hydrogens (tertiary/aromatic N) is 1. The van der Waals surface area contributed by atoms with Gasteiger partial charge in [-0.25, -0.2) is 0 Å². The van der Waals surface area contributed by atoms with Crippen molar-refractivity contribution in [2.75, 3.05) is 14.2 Å². The van der Waals surface area contributed by atoms with Crippen LogP contribution in [0.1, 0.15) is 24.2 Å². The van der Waals surface area contributed by atoms with Gasteiger partial charge < -0.3 is 19.4 Å². The third-order valence-corrected chi connectivity index (χ3v) is 3.55. The highest BCUT2D eigenvalue weighted by Gasteiger charge is 2.10. The molecule has 1 atom stereocenters. The van der Waals surface area contributed by atoms with Crippen LogP contribution >= 0.6 is 0 Å². The molecule has 20 heavy (non-hydrogen) atoms. The van der Waals surface area contributed by atoms with Crippen molar-refractivity contribution < 1.29 is 9.47 Å². The molecule has 1 N–H and O–H groups in total. The molecule has 4 nitrogen and oxygen atoms in total. The van der Waals surface area contributed by atoms with Gasteiger partial charge in [-0.05, 0) is 36.8 Å². The van der Waals surface area contributed by atoms with Gasteiger partial charge in [0, 0.05) is 31.5 Å². The zero-order valence-corrected chi connectivity index (χ0v) is 12.5. The summed E-state index contributed by atoms with van der Waals surface area (Å²) < 4.78 is 12.7. The van der Waals surface area contributed by atoms with E-state index in [1.807, 2.05) is 12.1 Å². The fraction of sp³-hybridized carbons (Fsp3) is 0.375. The lowest BCUT2D eigenvalue weighted by Crippen LogP contribution is -2.19. The first-order chi connectivity index (χ1) is 9.65. The minimum atomic E-state index is 0.240. The molecule has 1 aromatic carbocycles. The number of ether oxygens (including phenoxy) is 2. The average Bonchev–Trinajstić information content (AvgIpc) is 2.89. The molecular formula is C16H22N2O2. The van der Waals surface area contributed by atoms with E-state index in [-0.39, 0.29) is 6.04 Å². The summed E-state index contributed by atoms with van der Waals surface area (Å²) in [6, 6.07) is 10.4. The molecule has 2 aromatic rings. The number of methoxy groups -OCH3 is 2. The topological polar surface area (TPSA) is 35.4 Å². The van der Waals surface area contributed by atoms with Crippen LogP contribution in [0.2, 0.25) is 0 Å². The van der Waals surface area contributed by atoms with Crippen LogP contribution in [0.4, 0.5) is 0 Å². The molecule has 0 saturated carbocycles. The molecule has 1 heterocycles. The Hall–Kier alpha value is -1.94. The zero-order chi connectivity index (χ0) is 14.5. The van der Waals surface area contributed by atoms with E-state index in [1.54, 1.807) is 14.2 Å². The van der Waals surface area contributed by atoms with Crippen LogP contribution in [-0.4, -0.2) is 18.8 Å². The third-order valence-electron chi connectivity index (χ3n) is 3.55. The van der Waals surface area contributed by atoms with E-state index in [0.717, 1.165) is 18.0 Å². The van der Waals surface area contributed by atoms with Gasteiger partial charge in [0.15, 0.2) is 11.5 Å². The highest BCUT2D eigenvalue weighted by Crippen LogP contribution is 2.29. The summed E-state index contributed by atoms with van der Waals surface area (Å²) in [7, 11) is 5.36. The number of hydrogen-bond acceptors (Lipinski definition) is 3. The van der Waals surface area contributed by atoms with Crippen molar-refractivity contribution in [2.24, 2.45) is 7.05 Å². The normalized spacial score (nSPS) is 12.2. The largest absolute Gasteiger partial charge is 0.493 e. The molecule has 0 spiro atoms. The molecule has 0 aliphatic carbocycles. The minimum Gasteiger partial charge on any atom is -0.493 e. The van der Waals surface area contributed by atoms with Gasteiger partial charge in [0.05, 0.1) is 14.2 Å². The van der Waals surface area contributed by atoms with Crippen molar-refractivity contribution in [1.82, 2.24) is 9.88 Å². The lowest BCUT2D eigenvalue weighted by atomic mass is 10.1. The fourth-order valence-electron chi connectivity index (χ4n) is 2.18. The molecular weight excluding hydrogens is 252 g/mol. The Kier molecular flexibility index (Phi) is 4.69. The van der Waals surface area contributed by atoms with E-state index in [0.29, 0.717) is 0 Å². The fourth-order valence-corrected chi connectivity index (χ4v) is 2.18. The molecule has 1 unspecified atom stereocenters. The molecule has 4 heteroatoms. The van der Waals surface area contributed by atoms with Crippen LogP contribution in [0.25, 0.3) is 0 Å². The van der Waals surface area contributed by atoms with E-state index in [4.69, 9.17) is 9.47 Å². The third kappa shape index (κ3) is 3.14. The number of benzene rings is 1. The molecule has 108 valence electrons. The number of aromatic nitrogens is 1. The first-order valence-corrected chi connectivity index (χ1v) is 6.71. The molecule has 2 rings (SSSR count). The van der Waals surface area contributed by atoms with E-state index in [1.165, 1.54) is 11.3 Å². The molecule has 0 aliphatic rings. The maximum atomic E-state index is 5.34. The summed E-state index contributed by atoms with van der Waals surface area (Å²) in [4.78, 5) is 0. The Balaban J connectivity index is 2.05. The second-order valence-corrected chi connectivity index (χ2v) is 4.83. The predicted molar refractivity (Wildman–Crippen MR) is 80.2 cm³/mol. The second-order valence-electron chi connectivity index (χ2n) is 4.83. The van der Waals surface area contributed by atoms with Crippen molar-refractivity contribution in [3.63, 3.8) is 0 Å². The quantitative estimate of drug-likeness (QED) is 0.879.